The molecule has 7 nitrogen and oxygen atoms in total. The maximum atomic E-state index is 11.7. The van der Waals surface area contributed by atoms with Crippen LogP contribution in [0.15, 0.2) is 11.4 Å². The number of aromatic nitrogens is 2. The third-order valence-electron chi connectivity index (χ3n) is 3.36. The van der Waals surface area contributed by atoms with Crippen molar-refractivity contribution in [1.29, 1.82) is 0 Å². The number of nitrogens with zero attached hydrogens (tertiary/aromatic N) is 3. The number of imidazole rings is 1. The summed E-state index contributed by atoms with van der Waals surface area (Å²) in [6.45, 7) is 4.54. The van der Waals surface area contributed by atoms with Gasteiger partial charge in [0, 0.05) is 32.4 Å². The van der Waals surface area contributed by atoms with Crippen molar-refractivity contribution < 1.29 is 18.3 Å². The normalized spacial score (nSPS) is 17.5. The average molecular weight is 303 g/mol. The molecule has 1 aromatic rings. The monoisotopic (exact) mass is 303 g/mol. The zero-order chi connectivity index (χ0) is 14.6. The molecule has 0 atom stereocenters. The Morgan fingerprint density at radius 1 is 1.35 bits per heavy atom. The minimum atomic E-state index is -3.37. The second kappa shape index (κ2) is 6.66. The Labute approximate surface area is 119 Å². The molecule has 8 heteroatoms. The molecule has 114 valence electrons. The summed E-state index contributed by atoms with van der Waals surface area (Å²) >= 11 is 0. The lowest BCUT2D eigenvalue weighted by molar-refractivity contribution is 0.0368. The van der Waals surface area contributed by atoms with Gasteiger partial charge in [-0.25, -0.2) is 13.4 Å². The molecule has 1 aromatic heterocycles. The number of hydrogen-bond donors (Lipinski definition) is 1. The minimum Gasteiger partial charge on any atom is -0.390 e. The third-order valence-corrected chi connectivity index (χ3v) is 4.34. The van der Waals surface area contributed by atoms with Crippen LogP contribution in [0.25, 0.3) is 0 Å². The standard InChI is InChI=1S/C12H21N3O4S/c1-20(17,18)12-13-9-11(10-16)15(12)4-2-3-14-5-7-19-8-6-14/h9,16H,2-8,10H2,1H3. The van der Waals surface area contributed by atoms with Crippen molar-refractivity contribution in [3.63, 3.8) is 0 Å². The van der Waals surface area contributed by atoms with Gasteiger partial charge in [0.05, 0.1) is 31.7 Å². The summed E-state index contributed by atoms with van der Waals surface area (Å²) in [4.78, 5) is 6.20. The highest BCUT2D eigenvalue weighted by Crippen LogP contribution is 2.12. The number of rotatable bonds is 6. The highest BCUT2D eigenvalue weighted by molar-refractivity contribution is 7.90. The average Bonchev–Trinajstić information content (AvgIpc) is 2.83. The van der Waals surface area contributed by atoms with Crippen LogP contribution in [-0.4, -0.2) is 67.1 Å². The minimum absolute atomic E-state index is 0.0310. The number of ether oxygens (including phenoxy) is 1. The van der Waals surface area contributed by atoms with Gasteiger partial charge in [0.25, 0.3) is 0 Å². The summed E-state index contributed by atoms with van der Waals surface area (Å²) in [6.07, 6.45) is 3.37. The number of aliphatic hydroxyl groups is 1. The molecule has 1 aliphatic heterocycles. The van der Waals surface area contributed by atoms with Gasteiger partial charge in [-0.05, 0) is 6.42 Å². The van der Waals surface area contributed by atoms with Gasteiger partial charge in [-0.15, -0.1) is 0 Å². The fourth-order valence-electron chi connectivity index (χ4n) is 2.33. The lowest BCUT2D eigenvalue weighted by atomic mass is 10.3. The number of morpholine rings is 1. The summed E-state index contributed by atoms with van der Waals surface area (Å²) < 4.78 is 30.2. The summed E-state index contributed by atoms with van der Waals surface area (Å²) in [5.74, 6) is 0. The first kappa shape index (κ1) is 15.4. The lowest BCUT2D eigenvalue weighted by Crippen LogP contribution is -2.37. The van der Waals surface area contributed by atoms with Crippen molar-refractivity contribution in [3.8, 4) is 0 Å². The van der Waals surface area contributed by atoms with E-state index in [1.54, 1.807) is 4.57 Å². The Morgan fingerprint density at radius 3 is 2.65 bits per heavy atom. The van der Waals surface area contributed by atoms with Crippen molar-refractivity contribution >= 4 is 9.84 Å². The molecular formula is C12H21N3O4S. The van der Waals surface area contributed by atoms with E-state index in [1.165, 1.54) is 6.20 Å². The molecule has 0 bridgehead atoms. The zero-order valence-electron chi connectivity index (χ0n) is 11.7. The second-order valence-electron chi connectivity index (χ2n) is 4.92. The Hall–Kier alpha value is -0.960. The second-order valence-corrected chi connectivity index (χ2v) is 6.83. The van der Waals surface area contributed by atoms with E-state index < -0.39 is 9.84 Å². The van der Waals surface area contributed by atoms with Crippen molar-refractivity contribution in [2.24, 2.45) is 0 Å². The predicted molar refractivity (Wildman–Crippen MR) is 73.1 cm³/mol. The first-order valence-corrected chi connectivity index (χ1v) is 8.57. The fraction of sp³-hybridized carbons (Fsp3) is 0.750. The number of sulfone groups is 1. The molecule has 0 unspecified atom stereocenters. The molecule has 0 aliphatic carbocycles. The molecule has 20 heavy (non-hydrogen) atoms. The number of hydrogen-bond acceptors (Lipinski definition) is 6. The van der Waals surface area contributed by atoms with Gasteiger partial charge < -0.3 is 14.4 Å². The summed E-state index contributed by atoms with van der Waals surface area (Å²) in [6, 6.07) is 0. The van der Waals surface area contributed by atoms with E-state index in [0.717, 1.165) is 45.5 Å². The summed E-state index contributed by atoms with van der Waals surface area (Å²) in [5.41, 5.74) is 0.535. The first-order chi connectivity index (χ1) is 9.52. The Morgan fingerprint density at radius 2 is 2.05 bits per heavy atom. The Kier molecular flexibility index (Phi) is 5.14. The van der Waals surface area contributed by atoms with Gasteiger partial charge in [-0.3, -0.25) is 4.90 Å². The highest BCUT2D eigenvalue weighted by Gasteiger charge is 2.18. The maximum Gasteiger partial charge on any atom is 0.227 e. The van der Waals surface area contributed by atoms with E-state index in [1.807, 2.05) is 0 Å². The Balaban J connectivity index is 1.99. The van der Waals surface area contributed by atoms with E-state index in [0.29, 0.717) is 12.2 Å². The van der Waals surface area contributed by atoms with Gasteiger partial charge in [0.2, 0.25) is 15.0 Å². The molecule has 2 heterocycles. The van der Waals surface area contributed by atoms with Crippen LogP contribution in [0.3, 0.4) is 0 Å². The quantitative estimate of drug-likeness (QED) is 0.763. The van der Waals surface area contributed by atoms with Gasteiger partial charge in [0.15, 0.2) is 0 Å². The highest BCUT2D eigenvalue weighted by atomic mass is 32.2. The van der Waals surface area contributed by atoms with Crippen molar-refractivity contribution in [3.05, 3.63) is 11.9 Å². The van der Waals surface area contributed by atoms with Crippen molar-refractivity contribution in [1.82, 2.24) is 14.5 Å². The SMILES string of the molecule is CS(=O)(=O)c1ncc(CO)n1CCCN1CCOCC1. The Bertz CT molecular complexity index is 535. The largest absolute Gasteiger partial charge is 0.390 e. The molecule has 2 rings (SSSR count). The van der Waals surface area contributed by atoms with E-state index in [2.05, 4.69) is 9.88 Å². The van der Waals surface area contributed by atoms with Gasteiger partial charge in [-0.1, -0.05) is 0 Å². The first-order valence-electron chi connectivity index (χ1n) is 6.68. The third kappa shape index (κ3) is 3.78. The van der Waals surface area contributed by atoms with Crippen molar-refractivity contribution in [2.75, 3.05) is 39.1 Å². The smallest absolute Gasteiger partial charge is 0.227 e. The molecule has 1 fully saturated rings. The van der Waals surface area contributed by atoms with Crippen LogP contribution in [0.1, 0.15) is 12.1 Å². The van der Waals surface area contributed by atoms with Gasteiger partial charge in [0.1, 0.15) is 0 Å². The van der Waals surface area contributed by atoms with Crippen LogP contribution in [0.4, 0.5) is 0 Å². The molecule has 1 saturated heterocycles. The van der Waals surface area contributed by atoms with Crippen LogP contribution in [0, 0.1) is 0 Å². The van der Waals surface area contributed by atoms with E-state index in [9.17, 15) is 13.5 Å². The lowest BCUT2D eigenvalue weighted by Gasteiger charge is -2.26. The summed E-state index contributed by atoms with van der Waals surface area (Å²) in [5, 5.41) is 9.29. The fourth-order valence-corrected chi connectivity index (χ4v) is 3.18. The molecule has 0 aromatic carbocycles. The van der Waals surface area contributed by atoms with Gasteiger partial charge in [-0.2, -0.15) is 0 Å². The van der Waals surface area contributed by atoms with Crippen molar-refractivity contribution in [2.45, 2.75) is 24.7 Å². The molecular weight excluding hydrogens is 282 g/mol. The number of aliphatic hydroxyl groups excluding tert-OH is 1. The predicted octanol–water partition coefficient (Wildman–Crippen LogP) is -0.499. The van der Waals surface area contributed by atoms with Crippen LogP contribution < -0.4 is 0 Å². The molecule has 0 radical (unpaired) electrons. The van der Waals surface area contributed by atoms with E-state index in [4.69, 9.17) is 4.74 Å². The van der Waals surface area contributed by atoms with E-state index in [-0.39, 0.29) is 11.8 Å². The van der Waals surface area contributed by atoms with E-state index >= 15 is 0 Å². The van der Waals surface area contributed by atoms with Crippen LogP contribution >= 0.6 is 0 Å². The molecule has 0 saturated carbocycles. The zero-order valence-corrected chi connectivity index (χ0v) is 12.5. The van der Waals surface area contributed by atoms with Crippen LogP contribution in [0.2, 0.25) is 0 Å². The maximum absolute atomic E-state index is 11.7. The van der Waals surface area contributed by atoms with Crippen LogP contribution in [0.5, 0.6) is 0 Å². The molecule has 1 N–H and O–H groups in total. The van der Waals surface area contributed by atoms with Gasteiger partial charge >= 0.3 is 0 Å². The molecule has 0 amide bonds. The summed E-state index contributed by atoms with van der Waals surface area (Å²) in [7, 11) is -3.37. The van der Waals surface area contributed by atoms with Crippen LogP contribution in [-0.2, 0) is 27.7 Å². The molecule has 1 aliphatic rings. The topological polar surface area (TPSA) is 84.7 Å². The molecule has 0 spiro atoms.